The van der Waals surface area contributed by atoms with Crippen LogP contribution in [0, 0.1) is 0 Å². The molecule has 0 atom stereocenters. The predicted octanol–water partition coefficient (Wildman–Crippen LogP) is 2.35. The number of thiophene rings is 1. The summed E-state index contributed by atoms with van der Waals surface area (Å²) in [6.07, 6.45) is 0.957. The van der Waals surface area contributed by atoms with Crippen molar-refractivity contribution in [1.82, 2.24) is 14.8 Å². The van der Waals surface area contributed by atoms with E-state index in [-0.39, 0.29) is 5.91 Å². The van der Waals surface area contributed by atoms with Crippen LogP contribution in [-0.2, 0) is 13.0 Å². The summed E-state index contributed by atoms with van der Waals surface area (Å²) in [5.41, 5.74) is 9.22. The molecule has 3 rings (SSSR count). The first kappa shape index (κ1) is 15.2. The van der Waals surface area contributed by atoms with Crippen LogP contribution in [0.1, 0.15) is 34.8 Å². The summed E-state index contributed by atoms with van der Waals surface area (Å²) in [4.78, 5) is 22.9. The minimum atomic E-state index is 0.0144. The zero-order chi connectivity index (χ0) is 15.9. The maximum Gasteiger partial charge on any atom is 0.266 e. The molecule has 0 saturated heterocycles. The molecule has 0 saturated carbocycles. The van der Waals surface area contributed by atoms with Crippen LogP contribution in [0.25, 0.3) is 10.2 Å². The Morgan fingerprint density at radius 1 is 1.45 bits per heavy atom. The van der Waals surface area contributed by atoms with Crippen LogP contribution in [0.15, 0.2) is 6.07 Å². The maximum atomic E-state index is 12.6. The smallest absolute Gasteiger partial charge is 0.266 e. The first-order chi connectivity index (χ1) is 10.5. The zero-order valence-electron chi connectivity index (χ0n) is 13.3. The van der Waals surface area contributed by atoms with Gasteiger partial charge in [0.25, 0.3) is 5.91 Å². The van der Waals surface area contributed by atoms with Crippen molar-refractivity contribution in [2.45, 2.75) is 26.8 Å². The Balaban J connectivity index is 2.07. The van der Waals surface area contributed by atoms with Crippen LogP contribution in [0.4, 0.5) is 5.69 Å². The molecule has 118 valence electrons. The van der Waals surface area contributed by atoms with Gasteiger partial charge in [0.1, 0.15) is 9.71 Å². The van der Waals surface area contributed by atoms with E-state index in [1.54, 1.807) is 4.90 Å². The van der Waals surface area contributed by atoms with Gasteiger partial charge in [0.2, 0.25) is 0 Å². The SMILES string of the molecule is CCN(CC)C(=O)c1sc2nc3c(cc2c1N)CN(C)CC3. The number of amides is 1. The molecule has 22 heavy (non-hydrogen) atoms. The first-order valence-electron chi connectivity index (χ1n) is 7.73. The Morgan fingerprint density at radius 2 is 2.18 bits per heavy atom. The summed E-state index contributed by atoms with van der Waals surface area (Å²) < 4.78 is 0. The lowest BCUT2D eigenvalue weighted by atomic mass is 10.0. The maximum absolute atomic E-state index is 12.6. The predicted molar refractivity (Wildman–Crippen MR) is 91.3 cm³/mol. The van der Waals surface area contributed by atoms with Crippen LogP contribution in [-0.4, -0.2) is 47.4 Å². The second-order valence-corrected chi connectivity index (χ2v) is 6.76. The van der Waals surface area contributed by atoms with Crippen molar-refractivity contribution in [3.8, 4) is 0 Å². The van der Waals surface area contributed by atoms with E-state index in [9.17, 15) is 4.79 Å². The van der Waals surface area contributed by atoms with Gasteiger partial charge in [0, 0.05) is 43.7 Å². The van der Waals surface area contributed by atoms with Gasteiger partial charge in [0.15, 0.2) is 0 Å². The number of aromatic nitrogens is 1. The highest BCUT2D eigenvalue weighted by atomic mass is 32.1. The number of rotatable bonds is 3. The number of hydrogen-bond donors (Lipinski definition) is 1. The third-order valence-electron chi connectivity index (χ3n) is 4.31. The number of hydrogen-bond acceptors (Lipinski definition) is 5. The van der Waals surface area contributed by atoms with Gasteiger partial charge in [-0.2, -0.15) is 0 Å². The van der Waals surface area contributed by atoms with Crippen LogP contribution in [0.5, 0.6) is 0 Å². The minimum Gasteiger partial charge on any atom is -0.397 e. The summed E-state index contributed by atoms with van der Waals surface area (Å²) in [6, 6.07) is 2.12. The van der Waals surface area contributed by atoms with Gasteiger partial charge in [-0.15, -0.1) is 11.3 Å². The number of pyridine rings is 1. The molecule has 2 aromatic rings. The fraction of sp³-hybridized carbons (Fsp3) is 0.500. The van der Waals surface area contributed by atoms with Gasteiger partial charge in [-0.05, 0) is 32.5 Å². The van der Waals surface area contributed by atoms with E-state index in [0.29, 0.717) is 23.7 Å². The molecule has 0 unspecified atom stereocenters. The molecule has 1 aliphatic rings. The Morgan fingerprint density at radius 3 is 2.86 bits per heavy atom. The fourth-order valence-electron chi connectivity index (χ4n) is 2.95. The molecular weight excluding hydrogens is 296 g/mol. The number of anilines is 1. The quantitative estimate of drug-likeness (QED) is 0.943. The van der Waals surface area contributed by atoms with Crippen molar-refractivity contribution in [1.29, 1.82) is 0 Å². The van der Waals surface area contributed by atoms with Crippen molar-refractivity contribution in [3.05, 3.63) is 22.2 Å². The molecule has 5 nitrogen and oxygen atoms in total. The average molecular weight is 318 g/mol. The Hall–Kier alpha value is -1.66. The number of carbonyl (C=O) groups excluding carboxylic acids is 1. The Bertz CT molecular complexity index is 720. The van der Waals surface area contributed by atoms with E-state index in [0.717, 1.165) is 35.4 Å². The third-order valence-corrected chi connectivity index (χ3v) is 5.41. The molecule has 2 aromatic heterocycles. The molecule has 3 heterocycles. The van der Waals surface area contributed by atoms with Crippen molar-refractivity contribution in [2.75, 3.05) is 32.4 Å². The lowest BCUT2D eigenvalue weighted by Crippen LogP contribution is -2.30. The molecular formula is C16H22N4OS. The largest absolute Gasteiger partial charge is 0.397 e. The van der Waals surface area contributed by atoms with Gasteiger partial charge in [-0.3, -0.25) is 4.79 Å². The van der Waals surface area contributed by atoms with E-state index < -0.39 is 0 Å². The average Bonchev–Trinajstić information content (AvgIpc) is 2.83. The molecule has 0 spiro atoms. The monoisotopic (exact) mass is 318 g/mol. The van der Waals surface area contributed by atoms with Crippen molar-refractivity contribution in [3.63, 3.8) is 0 Å². The summed E-state index contributed by atoms with van der Waals surface area (Å²) in [6.45, 7) is 7.27. The highest BCUT2D eigenvalue weighted by molar-refractivity contribution is 7.21. The second-order valence-electron chi connectivity index (χ2n) is 5.76. The molecule has 1 aliphatic heterocycles. The molecule has 0 radical (unpaired) electrons. The lowest BCUT2D eigenvalue weighted by Gasteiger charge is -2.24. The number of fused-ring (bicyclic) bond motifs is 2. The molecule has 1 amide bonds. The molecule has 6 heteroatoms. The fourth-order valence-corrected chi connectivity index (χ4v) is 4.02. The second kappa shape index (κ2) is 5.85. The van der Waals surface area contributed by atoms with E-state index in [1.165, 1.54) is 16.9 Å². The zero-order valence-corrected chi connectivity index (χ0v) is 14.2. The topological polar surface area (TPSA) is 62.5 Å². The number of nitrogens with two attached hydrogens (primary N) is 1. The van der Waals surface area contributed by atoms with Gasteiger partial charge in [-0.25, -0.2) is 4.98 Å². The Labute approximate surface area is 134 Å². The third kappa shape index (κ3) is 2.46. The van der Waals surface area contributed by atoms with Gasteiger partial charge < -0.3 is 15.5 Å². The molecule has 0 aliphatic carbocycles. The van der Waals surface area contributed by atoms with Crippen LogP contribution >= 0.6 is 11.3 Å². The van der Waals surface area contributed by atoms with Crippen LogP contribution < -0.4 is 5.73 Å². The van der Waals surface area contributed by atoms with Crippen molar-refractivity contribution in [2.24, 2.45) is 0 Å². The summed E-state index contributed by atoms with van der Waals surface area (Å²) in [7, 11) is 2.11. The highest BCUT2D eigenvalue weighted by Gasteiger charge is 2.23. The highest BCUT2D eigenvalue weighted by Crippen LogP contribution is 2.35. The first-order valence-corrected chi connectivity index (χ1v) is 8.55. The summed E-state index contributed by atoms with van der Waals surface area (Å²) in [5.74, 6) is 0.0144. The van der Waals surface area contributed by atoms with Gasteiger partial charge >= 0.3 is 0 Å². The van der Waals surface area contributed by atoms with E-state index in [4.69, 9.17) is 10.7 Å². The minimum absolute atomic E-state index is 0.0144. The normalized spacial score (nSPS) is 15.0. The molecule has 0 bridgehead atoms. The number of nitrogens with zero attached hydrogens (tertiary/aromatic N) is 3. The molecule has 0 fully saturated rings. The molecule has 2 N–H and O–H groups in total. The van der Waals surface area contributed by atoms with Gasteiger partial charge in [-0.1, -0.05) is 0 Å². The number of likely N-dealkylation sites (N-methyl/N-ethyl adjacent to an activating group) is 1. The molecule has 0 aromatic carbocycles. The summed E-state index contributed by atoms with van der Waals surface area (Å²) in [5, 5.41) is 0.926. The van der Waals surface area contributed by atoms with E-state index >= 15 is 0 Å². The van der Waals surface area contributed by atoms with Crippen molar-refractivity contribution >= 4 is 33.1 Å². The Kier molecular flexibility index (Phi) is 4.06. The van der Waals surface area contributed by atoms with E-state index in [2.05, 4.69) is 18.0 Å². The number of nitrogen functional groups attached to an aromatic ring is 1. The lowest BCUT2D eigenvalue weighted by molar-refractivity contribution is 0.0779. The van der Waals surface area contributed by atoms with E-state index in [1.807, 2.05) is 13.8 Å². The van der Waals surface area contributed by atoms with Crippen molar-refractivity contribution < 1.29 is 4.79 Å². The summed E-state index contributed by atoms with van der Waals surface area (Å²) >= 11 is 1.42. The van der Waals surface area contributed by atoms with Gasteiger partial charge in [0.05, 0.1) is 5.69 Å². The standard InChI is InChI=1S/C16H22N4OS/c1-4-20(5-2)16(21)14-13(17)11-8-10-9-19(3)7-6-12(10)18-15(11)22-14/h8H,4-7,9,17H2,1-3H3. The van der Waals surface area contributed by atoms with Crippen LogP contribution in [0.2, 0.25) is 0 Å². The van der Waals surface area contributed by atoms with Crippen LogP contribution in [0.3, 0.4) is 0 Å². The number of carbonyl (C=O) groups is 1.